The van der Waals surface area contributed by atoms with Gasteiger partial charge in [0, 0.05) is 42.4 Å². The first-order valence-corrected chi connectivity index (χ1v) is 11.0. The van der Waals surface area contributed by atoms with Crippen molar-refractivity contribution in [2.45, 2.75) is 24.9 Å². The van der Waals surface area contributed by atoms with Gasteiger partial charge in [-0.2, -0.15) is 0 Å². The number of nitrogens with zero attached hydrogens (tertiary/aromatic N) is 5. The Morgan fingerprint density at radius 1 is 1.20 bits per heavy atom. The first-order valence-electron chi connectivity index (χ1n) is 9.98. The van der Waals surface area contributed by atoms with Crippen molar-refractivity contribution < 1.29 is 4.79 Å². The van der Waals surface area contributed by atoms with Gasteiger partial charge in [-0.3, -0.25) is 9.78 Å². The van der Waals surface area contributed by atoms with E-state index in [2.05, 4.69) is 44.5 Å². The summed E-state index contributed by atoms with van der Waals surface area (Å²) >= 11 is 1.24. The molecule has 1 aromatic carbocycles. The summed E-state index contributed by atoms with van der Waals surface area (Å²) in [6.45, 7) is 4.48. The van der Waals surface area contributed by atoms with Crippen LogP contribution >= 0.6 is 11.8 Å². The van der Waals surface area contributed by atoms with Crippen LogP contribution < -0.4 is 16.1 Å². The number of rotatable bonds is 6. The van der Waals surface area contributed by atoms with Crippen molar-refractivity contribution >= 4 is 29.0 Å². The molecule has 4 rings (SSSR count). The lowest BCUT2D eigenvalue weighted by atomic mass is 9.99. The molecule has 0 radical (unpaired) electrons. The highest BCUT2D eigenvalue weighted by Crippen LogP contribution is 2.25. The second-order valence-electron chi connectivity index (χ2n) is 7.47. The van der Waals surface area contributed by atoms with Crippen molar-refractivity contribution in [2.75, 3.05) is 34.9 Å². The maximum absolute atomic E-state index is 12.3. The van der Waals surface area contributed by atoms with Crippen molar-refractivity contribution in [3.05, 3.63) is 48.8 Å². The molecule has 8 nitrogen and oxygen atoms in total. The zero-order chi connectivity index (χ0) is 20.9. The number of nitrogens with two attached hydrogens (primary N) is 1. The van der Waals surface area contributed by atoms with Crippen molar-refractivity contribution in [3.63, 3.8) is 0 Å². The lowest BCUT2D eigenvalue weighted by molar-refractivity contribution is -0.113. The highest BCUT2D eigenvalue weighted by Gasteiger charge is 2.16. The molecular weight excluding hydrogens is 398 g/mol. The molecule has 1 fully saturated rings. The van der Waals surface area contributed by atoms with Gasteiger partial charge in [0.05, 0.1) is 5.75 Å². The number of hydrogen-bond acceptors (Lipinski definition) is 7. The molecule has 3 heterocycles. The Labute approximate surface area is 179 Å². The Kier molecular flexibility index (Phi) is 6.18. The van der Waals surface area contributed by atoms with Crippen molar-refractivity contribution in [2.24, 2.45) is 5.92 Å². The number of benzene rings is 1. The fraction of sp³-hybridized carbons (Fsp3) is 0.333. The van der Waals surface area contributed by atoms with Gasteiger partial charge in [0.1, 0.15) is 0 Å². The summed E-state index contributed by atoms with van der Waals surface area (Å²) in [7, 11) is 0. The molecule has 3 aromatic rings. The van der Waals surface area contributed by atoms with Gasteiger partial charge in [0.25, 0.3) is 0 Å². The minimum absolute atomic E-state index is 0.120. The van der Waals surface area contributed by atoms with E-state index >= 15 is 0 Å². The molecule has 2 aromatic heterocycles. The first kappa shape index (κ1) is 20.2. The number of carbonyl (C=O) groups is 1. The largest absolute Gasteiger partial charge is 0.372 e. The topological polar surface area (TPSA) is 102 Å². The van der Waals surface area contributed by atoms with E-state index in [1.165, 1.54) is 35.0 Å². The standard InChI is InChI=1S/C21H25N7OS/c1-15-8-11-27(12-9-15)18-6-4-17(5-7-18)24-19(29)14-30-21-26-25-20(28(21)22)16-3-2-10-23-13-16/h2-7,10,13,15H,8-9,11-12,14,22H2,1H3,(H,24,29). The molecule has 0 spiro atoms. The molecule has 9 heteroatoms. The zero-order valence-corrected chi connectivity index (χ0v) is 17.7. The predicted octanol–water partition coefficient (Wildman–Crippen LogP) is 3.02. The molecule has 30 heavy (non-hydrogen) atoms. The number of carbonyl (C=O) groups excluding carboxylic acids is 1. The molecule has 1 aliphatic heterocycles. The number of amides is 1. The van der Waals surface area contributed by atoms with Gasteiger partial charge in [0.2, 0.25) is 11.1 Å². The molecule has 0 atom stereocenters. The van der Waals surface area contributed by atoms with E-state index in [1.807, 2.05) is 18.2 Å². The third-order valence-corrected chi connectivity index (χ3v) is 6.16. The molecule has 0 bridgehead atoms. The van der Waals surface area contributed by atoms with Crippen LogP contribution in [0.1, 0.15) is 19.8 Å². The van der Waals surface area contributed by atoms with Gasteiger partial charge in [0.15, 0.2) is 5.82 Å². The monoisotopic (exact) mass is 423 g/mol. The zero-order valence-electron chi connectivity index (χ0n) is 16.9. The van der Waals surface area contributed by atoms with E-state index in [-0.39, 0.29) is 11.7 Å². The first-order chi connectivity index (χ1) is 14.6. The van der Waals surface area contributed by atoms with Crippen molar-refractivity contribution in [1.29, 1.82) is 0 Å². The van der Waals surface area contributed by atoms with Crippen molar-refractivity contribution in [1.82, 2.24) is 19.9 Å². The number of pyridine rings is 1. The van der Waals surface area contributed by atoms with Crippen LogP contribution in [0, 0.1) is 5.92 Å². The van der Waals surface area contributed by atoms with E-state index < -0.39 is 0 Å². The summed E-state index contributed by atoms with van der Waals surface area (Å²) in [5, 5.41) is 11.6. The summed E-state index contributed by atoms with van der Waals surface area (Å²) in [5.74, 6) is 7.46. The van der Waals surface area contributed by atoms with Crippen LogP contribution in [0.15, 0.2) is 53.9 Å². The maximum Gasteiger partial charge on any atom is 0.234 e. The van der Waals surface area contributed by atoms with Crippen LogP contribution in [0.5, 0.6) is 0 Å². The van der Waals surface area contributed by atoms with E-state index in [4.69, 9.17) is 5.84 Å². The van der Waals surface area contributed by atoms with Gasteiger partial charge in [-0.25, -0.2) is 4.68 Å². The quantitative estimate of drug-likeness (QED) is 0.464. The summed E-state index contributed by atoms with van der Waals surface area (Å²) in [5.41, 5.74) is 2.75. The number of nitrogen functional groups attached to an aromatic ring is 1. The molecule has 1 amide bonds. The lowest BCUT2D eigenvalue weighted by Crippen LogP contribution is -2.32. The minimum atomic E-state index is -0.120. The normalized spacial score (nSPS) is 14.6. The average Bonchev–Trinajstić information content (AvgIpc) is 3.14. The lowest BCUT2D eigenvalue weighted by Gasteiger charge is -2.32. The van der Waals surface area contributed by atoms with Crippen LogP contribution in [0.2, 0.25) is 0 Å². The minimum Gasteiger partial charge on any atom is -0.372 e. The highest BCUT2D eigenvalue weighted by atomic mass is 32.2. The third kappa shape index (κ3) is 4.73. The van der Waals surface area contributed by atoms with Crippen molar-refractivity contribution in [3.8, 4) is 11.4 Å². The Balaban J connectivity index is 1.31. The van der Waals surface area contributed by atoms with E-state index in [0.29, 0.717) is 11.0 Å². The summed E-state index contributed by atoms with van der Waals surface area (Å²) in [4.78, 5) is 18.8. The SMILES string of the molecule is CC1CCN(c2ccc(NC(=O)CSc3nnc(-c4cccnc4)n3N)cc2)CC1. The number of thioether (sulfide) groups is 1. The number of anilines is 2. The molecular formula is C21H25N7OS. The Morgan fingerprint density at radius 2 is 1.97 bits per heavy atom. The number of nitrogens with one attached hydrogen (secondary N) is 1. The van der Waals surface area contributed by atoms with E-state index in [1.54, 1.807) is 18.5 Å². The Hall–Kier alpha value is -3.07. The van der Waals surface area contributed by atoms with Crippen LogP contribution in [0.25, 0.3) is 11.4 Å². The summed E-state index contributed by atoms with van der Waals surface area (Å²) in [6, 6.07) is 11.7. The van der Waals surface area contributed by atoms with E-state index in [9.17, 15) is 4.79 Å². The summed E-state index contributed by atoms with van der Waals surface area (Å²) < 4.78 is 1.38. The molecule has 0 aliphatic carbocycles. The highest BCUT2D eigenvalue weighted by molar-refractivity contribution is 7.99. The molecule has 1 saturated heterocycles. The summed E-state index contributed by atoms with van der Waals surface area (Å²) in [6.07, 6.45) is 5.80. The fourth-order valence-corrected chi connectivity index (χ4v) is 4.07. The van der Waals surface area contributed by atoms with Gasteiger partial charge in [-0.05, 0) is 55.2 Å². The molecule has 0 saturated carbocycles. The number of aromatic nitrogens is 4. The smallest absolute Gasteiger partial charge is 0.234 e. The fourth-order valence-electron chi connectivity index (χ4n) is 3.42. The maximum atomic E-state index is 12.3. The van der Waals surface area contributed by atoms with Gasteiger partial charge in [-0.1, -0.05) is 18.7 Å². The molecule has 1 aliphatic rings. The molecule has 3 N–H and O–H groups in total. The van der Waals surface area contributed by atoms with Gasteiger partial charge in [-0.15, -0.1) is 10.2 Å². The molecule has 0 unspecified atom stereocenters. The Bertz CT molecular complexity index is 982. The average molecular weight is 424 g/mol. The Morgan fingerprint density at radius 3 is 2.67 bits per heavy atom. The molecule has 156 valence electrons. The second-order valence-corrected chi connectivity index (χ2v) is 8.41. The van der Waals surface area contributed by atoms with Crippen LogP contribution in [0.4, 0.5) is 11.4 Å². The van der Waals surface area contributed by atoms with Crippen LogP contribution in [-0.4, -0.2) is 44.6 Å². The second kappa shape index (κ2) is 9.17. The van der Waals surface area contributed by atoms with Crippen LogP contribution in [-0.2, 0) is 4.79 Å². The van der Waals surface area contributed by atoms with Gasteiger partial charge >= 0.3 is 0 Å². The number of piperidine rings is 1. The third-order valence-electron chi connectivity index (χ3n) is 5.22. The van der Waals surface area contributed by atoms with E-state index in [0.717, 1.165) is 30.3 Å². The number of hydrogen-bond donors (Lipinski definition) is 2. The predicted molar refractivity (Wildman–Crippen MR) is 120 cm³/mol. The van der Waals surface area contributed by atoms with Gasteiger partial charge < -0.3 is 16.1 Å². The van der Waals surface area contributed by atoms with Crippen LogP contribution in [0.3, 0.4) is 0 Å².